The molecule has 2 amide bonds. The van der Waals surface area contributed by atoms with Crippen LogP contribution in [0.25, 0.3) is 0 Å². The van der Waals surface area contributed by atoms with Gasteiger partial charge in [0.2, 0.25) is 11.8 Å². The predicted molar refractivity (Wildman–Crippen MR) is 114 cm³/mol. The third-order valence-corrected chi connectivity index (χ3v) is 6.20. The average molecular weight is 423 g/mol. The summed E-state index contributed by atoms with van der Waals surface area (Å²) in [6.07, 6.45) is 8.74. The molecule has 170 valence electrons. The minimum absolute atomic E-state index is 0.0478. The molecule has 0 aromatic heterocycles. The molecule has 1 saturated heterocycles. The molecule has 0 spiro atoms. The number of aliphatic hydroxyl groups is 1. The SMILES string of the molecule is CCCCNC(=O)[C@@H]1[C@H]2C=C[C@@H](CCC)[C@@H](C(=O)OCC)[C@H]2C(=O)N1CCCCO. The summed E-state index contributed by atoms with van der Waals surface area (Å²) in [5.41, 5.74) is 0. The number of fused-ring (bicyclic) bond motifs is 1. The van der Waals surface area contributed by atoms with Crippen LogP contribution in [0.15, 0.2) is 12.2 Å². The Labute approximate surface area is 180 Å². The number of aliphatic hydroxyl groups excluding tert-OH is 1. The molecule has 1 heterocycles. The van der Waals surface area contributed by atoms with Crippen LogP contribution in [-0.2, 0) is 19.1 Å². The van der Waals surface area contributed by atoms with Gasteiger partial charge in [0.1, 0.15) is 6.04 Å². The first kappa shape index (κ1) is 24.4. The van der Waals surface area contributed by atoms with E-state index >= 15 is 0 Å². The number of rotatable bonds is 12. The van der Waals surface area contributed by atoms with Gasteiger partial charge in [-0.1, -0.05) is 38.8 Å². The molecule has 2 N–H and O–H groups in total. The number of likely N-dealkylation sites (tertiary alicyclic amines) is 1. The maximum absolute atomic E-state index is 13.5. The first-order chi connectivity index (χ1) is 14.5. The lowest BCUT2D eigenvalue weighted by Gasteiger charge is -2.33. The zero-order chi connectivity index (χ0) is 22.1. The van der Waals surface area contributed by atoms with Crippen molar-refractivity contribution in [3.05, 3.63) is 12.2 Å². The minimum atomic E-state index is -0.617. The van der Waals surface area contributed by atoms with Crippen LogP contribution in [0.1, 0.15) is 59.3 Å². The van der Waals surface area contributed by atoms with E-state index < -0.39 is 17.9 Å². The van der Waals surface area contributed by atoms with Gasteiger partial charge in [-0.05, 0) is 38.5 Å². The second-order valence-corrected chi connectivity index (χ2v) is 8.27. The molecule has 0 saturated carbocycles. The fraction of sp³-hybridized carbons (Fsp3) is 0.783. The van der Waals surface area contributed by atoms with Crippen LogP contribution < -0.4 is 5.32 Å². The van der Waals surface area contributed by atoms with Gasteiger partial charge in [-0.15, -0.1) is 0 Å². The van der Waals surface area contributed by atoms with Crippen LogP contribution in [0.4, 0.5) is 0 Å². The molecule has 0 unspecified atom stereocenters. The zero-order valence-corrected chi connectivity index (χ0v) is 18.6. The Balaban J connectivity index is 2.35. The largest absolute Gasteiger partial charge is 0.466 e. The first-order valence-electron chi connectivity index (χ1n) is 11.6. The Kier molecular flexibility index (Phi) is 9.82. The van der Waals surface area contributed by atoms with Gasteiger partial charge in [0.05, 0.1) is 18.4 Å². The van der Waals surface area contributed by atoms with E-state index in [9.17, 15) is 14.4 Å². The summed E-state index contributed by atoms with van der Waals surface area (Å²) in [6, 6.07) is -0.617. The van der Waals surface area contributed by atoms with E-state index in [2.05, 4.69) is 19.2 Å². The van der Waals surface area contributed by atoms with E-state index in [4.69, 9.17) is 9.84 Å². The molecule has 0 bridgehead atoms. The van der Waals surface area contributed by atoms with Crippen molar-refractivity contribution < 1.29 is 24.2 Å². The molecule has 0 radical (unpaired) electrons. The van der Waals surface area contributed by atoms with Gasteiger partial charge in [-0.25, -0.2) is 0 Å². The molecule has 0 aromatic carbocycles. The standard InChI is InChI=1S/C23H38N2O5/c1-4-7-13-24-21(27)20-17-12-11-16(10-5-2)18(23(29)30-6-3)19(17)22(28)25(20)14-8-9-15-26/h11-12,16-20,26H,4-10,13-15H2,1-3H3,(H,24,27)/t16-,17+,18-,19+,20+/m1/s1. The normalized spacial score (nSPS) is 27.8. The van der Waals surface area contributed by atoms with E-state index in [1.165, 1.54) is 0 Å². The van der Waals surface area contributed by atoms with Crippen molar-refractivity contribution >= 4 is 17.8 Å². The average Bonchev–Trinajstić information content (AvgIpc) is 3.00. The molecule has 7 heteroatoms. The molecular weight excluding hydrogens is 384 g/mol. The van der Waals surface area contributed by atoms with Crippen LogP contribution in [0.3, 0.4) is 0 Å². The van der Waals surface area contributed by atoms with Gasteiger partial charge in [0.15, 0.2) is 0 Å². The smallest absolute Gasteiger partial charge is 0.310 e. The van der Waals surface area contributed by atoms with Gasteiger partial charge < -0.3 is 20.1 Å². The number of ether oxygens (including phenoxy) is 1. The number of hydrogen-bond donors (Lipinski definition) is 2. The number of carbonyl (C=O) groups is 3. The van der Waals surface area contributed by atoms with Crippen molar-refractivity contribution in [1.29, 1.82) is 0 Å². The van der Waals surface area contributed by atoms with E-state index in [1.54, 1.807) is 11.8 Å². The number of nitrogens with one attached hydrogen (secondary N) is 1. The fourth-order valence-corrected chi connectivity index (χ4v) is 4.79. The quantitative estimate of drug-likeness (QED) is 0.286. The predicted octanol–water partition coefficient (Wildman–Crippen LogP) is 2.28. The maximum Gasteiger partial charge on any atom is 0.310 e. The summed E-state index contributed by atoms with van der Waals surface area (Å²) < 4.78 is 5.35. The van der Waals surface area contributed by atoms with Crippen molar-refractivity contribution in [2.45, 2.75) is 65.3 Å². The molecular formula is C23H38N2O5. The Morgan fingerprint density at radius 2 is 1.90 bits per heavy atom. The van der Waals surface area contributed by atoms with E-state index in [0.717, 1.165) is 25.7 Å². The lowest BCUT2D eigenvalue weighted by molar-refractivity contribution is -0.155. The fourth-order valence-electron chi connectivity index (χ4n) is 4.79. The van der Waals surface area contributed by atoms with E-state index in [0.29, 0.717) is 25.9 Å². The second kappa shape index (κ2) is 12.1. The number of nitrogens with zero attached hydrogens (tertiary/aromatic N) is 1. The minimum Gasteiger partial charge on any atom is -0.466 e. The number of carbonyl (C=O) groups excluding carboxylic acids is 3. The molecule has 1 aliphatic carbocycles. The first-order valence-corrected chi connectivity index (χ1v) is 11.6. The molecule has 2 rings (SSSR count). The zero-order valence-electron chi connectivity index (χ0n) is 18.6. The van der Waals surface area contributed by atoms with Gasteiger partial charge >= 0.3 is 5.97 Å². The third-order valence-electron chi connectivity index (χ3n) is 6.20. The summed E-state index contributed by atoms with van der Waals surface area (Å²) in [4.78, 5) is 41.1. The lowest BCUT2D eigenvalue weighted by Crippen LogP contribution is -2.47. The summed E-state index contributed by atoms with van der Waals surface area (Å²) in [5.74, 6) is -2.16. The van der Waals surface area contributed by atoms with Crippen LogP contribution in [0.2, 0.25) is 0 Å². The molecule has 5 atom stereocenters. The molecule has 30 heavy (non-hydrogen) atoms. The van der Waals surface area contributed by atoms with Crippen LogP contribution in [0.5, 0.6) is 0 Å². The summed E-state index contributed by atoms with van der Waals surface area (Å²) in [5, 5.41) is 12.1. The highest BCUT2D eigenvalue weighted by Crippen LogP contribution is 2.45. The molecule has 7 nitrogen and oxygen atoms in total. The van der Waals surface area contributed by atoms with Crippen molar-refractivity contribution in [3.63, 3.8) is 0 Å². The third kappa shape index (κ3) is 5.42. The van der Waals surface area contributed by atoms with Gasteiger partial charge in [0.25, 0.3) is 0 Å². The highest BCUT2D eigenvalue weighted by molar-refractivity contribution is 5.96. The number of unbranched alkanes of at least 4 members (excludes halogenated alkanes) is 2. The van der Waals surface area contributed by atoms with Gasteiger partial charge in [-0.2, -0.15) is 0 Å². The number of esters is 1. The van der Waals surface area contributed by atoms with Gasteiger partial charge in [0, 0.05) is 25.6 Å². The summed E-state index contributed by atoms with van der Waals surface area (Å²) >= 11 is 0. The second-order valence-electron chi connectivity index (χ2n) is 8.27. The Hall–Kier alpha value is -1.89. The van der Waals surface area contributed by atoms with E-state index in [-0.39, 0.29) is 42.8 Å². The lowest BCUT2D eigenvalue weighted by atomic mass is 9.69. The van der Waals surface area contributed by atoms with Crippen LogP contribution in [0, 0.1) is 23.7 Å². The Bertz CT molecular complexity index is 621. The number of amides is 2. The maximum atomic E-state index is 13.5. The van der Waals surface area contributed by atoms with Crippen molar-refractivity contribution in [3.8, 4) is 0 Å². The summed E-state index contributed by atoms with van der Waals surface area (Å²) in [7, 11) is 0. The van der Waals surface area contributed by atoms with Crippen molar-refractivity contribution in [2.75, 3.05) is 26.3 Å². The topological polar surface area (TPSA) is 95.9 Å². The molecule has 1 fully saturated rings. The number of hydrogen-bond acceptors (Lipinski definition) is 5. The molecule has 1 aliphatic heterocycles. The highest BCUT2D eigenvalue weighted by Gasteiger charge is 2.57. The molecule has 0 aromatic rings. The Morgan fingerprint density at radius 1 is 1.13 bits per heavy atom. The van der Waals surface area contributed by atoms with Crippen LogP contribution >= 0.6 is 0 Å². The van der Waals surface area contributed by atoms with E-state index in [1.807, 2.05) is 12.2 Å². The van der Waals surface area contributed by atoms with Crippen LogP contribution in [-0.4, -0.2) is 60.1 Å². The van der Waals surface area contributed by atoms with Crippen molar-refractivity contribution in [1.82, 2.24) is 10.2 Å². The number of allylic oxidation sites excluding steroid dienone is 1. The monoisotopic (exact) mass is 422 g/mol. The molecule has 2 aliphatic rings. The highest BCUT2D eigenvalue weighted by atomic mass is 16.5. The Morgan fingerprint density at radius 3 is 2.53 bits per heavy atom. The summed E-state index contributed by atoms with van der Waals surface area (Å²) in [6.45, 7) is 7.18. The van der Waals surface area contributed by atoms with Crippen molar-refractivity contribution in [2.24, 2.45) is 23.7 Å². The van der Waals surface area contributed by atoms with Gasteiger partial charge in [-0.3, -0.25) is 14.4 Å².